The third-order valence-electron chi connectivity index (χ3n) is 6.66. The second-order valence-electron chi connectivity index (χ2n) is 10.1. The molecule has 0 fully saturated rings. The number of hydrogen-bond acceptors (Lipinski definition) is 2. The van der Waals surface area contributed by atoms with Crippen molar-refractivity contribution in [3.63, 3.8) is 0 Å². The summed E-state index contributed by atoms with van der Waals surface area (Å²) in [6.45, 7) is 13.4. The van der Waals surface area contributed by atoms with E-state index in [-0.39, 0.29) is 5.82 Å². The molecule has 0 saturated heterocycles. The molecule has 4 heteroatoms. The van der Waals surface area contributed by atoms with Crippen molar-refractivity contribution < 1.29 is 4.39 Å². The van der Waals surface area contributed by atoms with Gasteiger partial charge in [0.25, 0.3) is 0 Å². The highest BCUT2D eigenvalue weighted by atomic mass is 19.1. The lowest BCUT2D eigenvalue weighted by molar-refractivity contribution is 0.400. The van der Waals surface area contributed by atoms with Crippen molar-refractivity contribution in [1.82, 2.24) is 9.88 Å². The minimum Gasteiger partial charge on any atom is -0.399 e. The average molecular weight is 538 g/mol. The van der Waals surface area contributed by atoms with Gasteiger partial charge in [0, 0.05) is 28.7 Å². The second kappa shape index (κ2) is 16.1. The van der Waals surface area contributed by atoms with Gasteiger partial charge in [-0.3, -0.25) is 0 Å². The smallest absolute Gasteiger partial charge is 0.124 e. The molecule has 0 saturated carbocycles. The molecule has 0 aliphatic carbocycles. The first-order valence-electron chi connectivity index (χ1n) is 13.8. The summed E-state index contributed by atoms with van der Waals surface area (Å²) < 4.78 is 14.6. The van der Waals surface area contributed by atoms with Crippen molar-refractivity contribution in [2.45, 2.75) is 46.0 Å². The number of rotatable bonds is 13. The Bertz CT molecular complexity index is 1410. The van der Waals surface area contributed by atoms with E-state index in [9.17, 15) is 4.39 Å². The van der Waals surface area contributed by atoms with Crippen LogP contribution in [0.4, 0.5) is 4.39 Å². The lowest BCUT2D eigenvalue weighted by Crippen LogP contribution is -2.13. The molecule has 210 valence electrons. The number of H-pyrrole nitrogens is 1. The molecular weight excluding hydrogens is 493 g/mol. The maximum Gasteiger partial charge on any atom is 0.124 e. The zero-order valence-corrected chi connectivity index (χ0v) is 24.6. The van der Waals surface area contributed by atoms with Crippen molar-refractivity contribution in [1.29, 1.82) is 0 Å². The number of aromatic amines is 1. The predicted molar refractivity (Wildman–Crippen MR) is 173 cm³/mol. The Kier molecular flexibility index (Phi) is 13.0. The minimum absolute atomic E-state index is 0.201. The number of terminal acetylenes is 1. The summed E-state index contributed by atoms with van der Waals surface area (Å²) in [5.41, 5.74) is 14.8. The van der Waals surface area contributed by atoms with Crippen LogP contribution in [0.25, 0.3) is 22.0 Å². The highest BCUT2D eigenvalue weighted by Crippen LogP contribution is 2.32. The SMILES string of the molecule is C#C.C=C(/C=C\CCC)C(=C)/C=C(Cc1cc2c(-c3cc(F)cc(CCCN(C)C)c3)cccc2[nH]1)\C(N)=C/C. The summed E-state index contributed by atoms with van der Waals surface area (Å²) in [7, 11) is 4.12. The molecule has 3 rings (SSSR count). The quantitative estimate of drug-likeness (QED) is 0.170. The van der Waals surface area contributed by atoms with Gasteiger partial charge in [0.1, 0.15) is 5.82 Å². The third kappa shape index (κ3) is 9.29. The van der Waals surface area contributed by atoms with Crippen LogP contribution in [0.5, 0.6) is 0 Å². The molecular formula is C36H44FN3. The molecule has 0 aliphatic rings. The Labute approximate surface area is 240 Å². The second-order valence-corrected chi connectivity index (χ2v) is 10.1. The van der Waals surface area contributed by atoms with E-state index in [0.29, 0.717) is 12.1 Å². The van der Waals surface area contributed by atoms with E-state index < -0.39 is 0 Å². The Morgan fingerprint density at radius 2 is 1.85 bits per heavy atom. The lowest BCUT2D eigenvalue weighted by Gasteiger charge is -2.11. The van der Waals surface area contributed by atoms with E-state index in [1.807, 2.05) is 31.2 Å². The van der Waals surface area contributed by atoms with Gasteiger partial charge in [-0.25, -0.2) is 4.39 Å². The van der Waals surface area contributed by atoms with Crippen LogP contribution in [0.1, 0.15) is 44.4 Å². The maximum absolute atomic E-state index is 14.6. The number of fused-ring (bicyclic) bond motifs is 1. The molecule has 3 aromatic rings. The number of benzene rings is 2. The van der Waals surface area contributed by atoms with Gasteiger partial charge >= 0.3 is 0 Å². The molecule has 0 aliphatic heterocycles. The van der Waals surface area contributed by atoms with Gasteiger partial charge in [-0.2, -0.15) is 0 Å². The molecule has 3 nitrogen and oxygen atoms in total. The number of allylic oxidation sites excluding steroid dienone is 7. The third-order valence-corrected chi connectivity index (χ3v) is 6.66. The predicted octanol–water partition coefficient (Wildman–Crippen LogP) is 8.52. The van der Waals surface area contributed by atoms with Crippen molar-refractivity contribution in [2.75, 3.05) is 20.6 Å². The topological polar surface area (TPSA) is 45.0 Å². The van der Waals surface area contributed by atoms with Crippen LogP contribution >= 0.6 is 0 Å². The summed E-state index contributed by atoms with van der Waals surface area (Å²) in [6.07, 6.45) is 20.6. The number of halogens is 1. The van der Waals surface area contributed by atoms with Gasteiger partial charge < -0.3 is 15.6 Å². The van der Waals surface area contributed by atoms with Crippen LogP contribution in [-0.2, 0) is 12.8 Å². The Hall–Kier alpha value is -4.07. The van der Waals surface area contributed by atoms with E-state index in [4.69, 9.17) is 5.73 Å². The first-order valence-corrected chi connectivity index (χ1v) is 13.8. The standard InChI is InChI=1S/C34H42FN3.C2H2/c1-7-9-10-13-24(3)25(4)18-28(33(36)8-2)22-30-23-32-31(15-11-16-34(32)37-30)27-19-26(20-29(35)21-27)14-12-17-38(5)6;1-2/h8,10-11,13,15-16,18-21,23,37H,3-4,7,9,12,14,17,22,36H2,1-2,5-6H3;1-2H/b13-10-,28-18-,33-8+;. The van der Waals surface area contributed by atoms with E-state index in [1.165, 1.54) is 0 Å². The molecule has 1 heterocycles. The van der Waals surface area contributed by atoms with Gasteiger partial charge in [-0.15, -0.1) is 12.8 Å². The zero-order valence-electron chi connectivity index (χ0n) is 24.6. The Morgan fingerprint density at radius 1 is 1.10 bits per heavy atom. The van der Waals surface area contributed by atoms with Gasteiger partial charge in [0.15, 0.2) is 0 Å². The summed E-state index contributed by atoms with van der Waals surface area (Å²) in [4.78, 5) is 5.70. The number of nitrogens with two attached hydrogens (primary N) is 1. The number of aryl methyl sites for hydroxylation is 1. The van der Waals surface area contributed by atoms with Crippen molar-refractivity contribution in [3.8, 4) is 24.0 Å². The number of aromatic nitrogens is 1. The fraction of sp³-hybridized carbons (Fsp3) is 0.278. The molecule has 2 aromatic carbocycles. The van der Waals surface area contributed by atoms with Crippen LogP contribution in [0.15, 0.2) is 102 Å². The molecule has 40 heavy (non-hydrogen) atoms. The summed E-state index contributed by atoms with van der Waals surface area (Å²) in [5, 5.41) is 1.07. The number of hydrogen-bond donors (Lipinski definition) is 2. The molecule has 0 bridgehead atoms. The maximum atomic E-state index is 14.6. The highest BCUT2D eigenvalue weighted by molar-refractivity contribution is 5.95. The van der Waals surface area contributed by atoms with Gasteiger partial charge in [0.05, 0.1) is 0 Å². The number of nitrogens with one attached hydrogen (secondary N) is 1. The van der Waals surface area contributed by atoms with Crippen LogP contribution < -0.4 is 5.73 Å². The number of unbranched alkanes of at least 4 members (excludes halogenated alkanes) is 1. The van der Waals surface area contributed by atoms with Crippen molar-refractivity contribution in [2.24, 2.45) is 5.73 Å². The fourth-order valence-electron chi connectivity index (χ4n) is 4.54. The van der Waals surface area contributed by atoms with Crippen LogP contribution in [0, 0.1) is 18.7 Å². The summed E-state index contributed by atoms with van der Waals surface area (Å²) in [6, 6.07) is 13.7. The molecule has 0 radical (unpaired) electrons. The normalized spacial score (nSPS) is 12.1. The zero-order chi connectivity index (χ0) is 29.7. The lowest BCUT2D eigenvalue weighted by atomic mass is 9.97. The molecule has 3 N–H and O–H groups in total. The van der Waals surface area contributed by atoms with Crippen molar-refractivity contribution in [3.05, 3.63) is 119 Å². The molecule has 0 atom stereocenters. The van der Waals surface area contributed by atoms with E-state index in [1.54, 1.807) is 12.1 Å². The highest BCUT2D eigenvalue weighted by Gasteiger charge is 2.12. The Morgan fingerprint density at radius 3 is 2.52 bits per heavy atom. The van der Waals surface area contributed by atoms with Gasteiger partial charge in [-0.1, -0.05) is 62.9 Å². The molecule has 1 aromatic heterocycles. The van der Waals surface area contributed by atoms with E-state index in [0.717, 1.165) is 82.2 Å². The summed E-state index contributed by atoms with van der Waals surface area (Å²) >= 11 is 0. The number of nitrogens with zero attached hydrogens (tertiary/aromatic N) is 1. The first-order chi connectivity index (χ1) is 19.2. The van der Waals surface area contributed by atoms with E-state index in [2.05, 4.69) is 87.2 Å². The van der Waals surface area contributed by atoms with Crippen LogP contribution in [0.2, 0.25) is 0 Å². The molecule has 0 amide bonds. The Balaban J connectivity index is 0.00000274. The van der Waals surface area contributed by atoms with Gasteiger partial charge in [-0.05, 0) is 111 Å². The summed E-state index contributed by atoms with van der Waals surface area (Å²) in [5.74, 6) is -0.201. The fourth-order valence-corrected chi connectivity index (χ4v) is 4.54. The van der Waals surface area contributed by atoms with Gasteiger partial charge in [0.2, 0.25) is 0 Å². The van der Waals surface area contributed by atoms with E-state index >= 15 is 0 Å². The first kappa shape index (κ1) is 32.1. The minimum atomic E-state index is -0.201. The van der Waals surface area contributed by atoms with Crippen LogP contribution in [-0.4, -0.2) is 30.5 Å². The van der Waals surface area contributed by atoms with Crippen LogP contribution in [0.3, 0.4) is 0 Å². The van der Waals surface area contributed by atoms with Crippen molar-refractivity contribution >= 4 is 10.9 Å². The molecule has 0 spiro atoms. The largest absolute Gasteiger partial charge is 0.399 e. The average Bonchev–Trinajstić information content (AvgIpc) is 3.35. The monoisotopic (exact) mass is 537 g/mol. The molecule has 0 unspecified atom stereocenters.